The van der Waals surface area contributed by atoms with E-state index in [9.17, 15) is 9.90 Å². The van der Waals surface area contributed by atoms with Crippen molar-refractivity contribution >= 4 is 5.97 Å². The predicted octanol–water partition coefficient (Wildman–Crippen LogP) is 1.77. The molecule has 0 saturated heterocycles. The normalized spacial score (nSPS) is 13.2. The molecule has 1 rings (SSSR count). The molecule has 0 aliphatic heterocycles. The van der Waals surface area contributed by atoms with Crippen LogP contribution in [0.1, 0.15) is 31.1 Å². The molecule has 0 aliphatic rings. The number of rotatable bonds is 4. The standard InChI is InChI=1S/C13H18O4/c1-13(2,17-4)10-7-5-9(6-8-10)11(14)12(15)16-3/h5-8,11,14H,1-4H3. The van der Waals surface area contributed by atoms with Crippen LogP contribution in [-0.4, -0.2) is 25.3 Å². The fraction of sp³-hybridized carbons (Fsp3) is 0.462. The Kier molecular flexibility index (Phi) is 4.26. The molecular formula is C13H18O4. The van der Waals surface area contributed by atoms with E-state index in [1.807, 2.05) is 26.0 Å². The third-order valence-electron chi connectivity index (χ3n) is 2.86. The molecule has 0 radical (unpaired) electrons. The van der Waals surface area contributed by atoms with Gasteiger partial charge in [-0.25, -0.2) is 4.79 Å². The van der Waals surface area contributed by atoms with Gasteiger partial charge >= 0.3 is 5.97 Å². The molecule has 0 bridgehead atoms. The number of benzene rings is 1. The number of ether oxygens (including phenoxy) is 2. The van der Waals surface area contributed by atoms with Gasteiger partial charge in [0.15, 0.2) is 6.10 Å². The van der Waals surface area contributed by atoms with Crippen molar-refractivity contribution in [1.82, 2.24) is 0 Å². The maximum atomic E-state index is 11.2. The van der Waals surface area contributed by atoms with E-state index in [1.165, 1.54) is 7.11 Å². The molecule has 1 N–H and O–H groups in total. The topological polar surface area (TPSA) is 55.8 Å². The van der Waals surface area contributed by atoms with Gasteiger partial charge in [-0.15, -0.1) is 0 Å². The zero-order chi connectivity index (χ0) is 13.1. The fourth-order valence-corrected chi connectivity index (χ4v) is 1.43. The quantitative estimate of drug-likeness (QED) is 0.812. The van der Waals surface area contributed by atoms with Gasteiger partial charge in [0.1, 0.15) is 0 Å². The summed E-state index contributed by atoms with van der Waals surface area (Å²) >= 11 is 0. The molecule has 0 heterocycles. The Morgan fingerprint density at radius 1 is 1.24 bits per heavy atom. The summed E-state index contributed by atoms with van der Waals surface area (Å²) in [7, 11) is 2.88. The lowest BCUT2D eigenvalue weighted by Gasteiger charge is -2.23. The first-order chi connectivity index (χ1) is 7.92. The van der Waals surface area contributed by atoms with Gasteiger partial charge in [0.25, 0.3) is 0 Å². The Labute approximate surface area is 101 Å². The van der Waals surface area contributed by atoms with Gasteiger partial charge < -0.3 is 14.6 Å². The summed E-state index contributed by atoms with van der Waals surface area (Å²) in [6.45, 7) is 3.89. The zero-order valence-corrected chi connectivity index (χ0v) is 10.6. The second-order valence-corrected chi connectivity index (χ2v) is 4.26. The van der Waals surface area contributed by atoms with Crippen molar-refractivity contribution in [2.45, 2.75) is 25.6 Å². The van der Waals surface area contributed by atoms with E-state index in [-0.39, 0.29) is 0 Å². The number of aliphatic hydroxyl groups is 1. The molecule has 1 aromatic rings. The highest BCUT2D eigenvalue weighted by Gasteiger charge is 2.21. The van der Waals surface area contributed by atoms with Gasteiger partial charge in [0, 0.05) is 7.11 Å². The lowest BCUT2D eigenvalue weighted by atomic mass is 9.96. The first kappa shape index (κ1) is 13.7. The number of carbonyl (C=O) groups excluding carboxylic acids is 1. The maximum Gasteiger partial charge on any atom is 0.339 e. The van der Waals surface area contributed by atoms with Crippen LogP contribution in [0.4, 0.5) is 0 Å². The second-order valence-electron chi connectivity index (χ2n) is 4.26. The van der Waals surface area contributed by atoms with Crippen LogP contribution < -0.4 is 0 Å². The first-order valence-corrected chi connectivity index (χ1v) is 5.34. The van der Waals surface area contributed by atoms with Gasteiger partial charge in [0.05, 0.1) is 12.7 Å². The molecule has 17 heavy (non-hydrogen) atoms. The molecule has 1 aromatic carbocycles. The average molecular weight is 238 g/mol. The van der Waals surface area contributed by atoms with Crippen LogP contribution in [0.15, 0.2) is 24.3 Å². The third kappa shape index (κ3) is 3.05. The lowest BCUT2D eigenvalue weighted by molar-refractivity contribution is -0.150. The Bertz CT molecular complexity index is 381. The van der Waals surface area contributed by atoms with Crippen molar-refractivity contribution in [2.75, 3.05) is 14.2 Å². The summed E-state index contributed by atoms with van der Waals surface area (Å²) in [5.41, 5.74) is 1.09. The average Bonchev–Trinajstić information content (AvgIpc) is 2.37. The number of hydrogen-bond acceptors (Lipinski definition) is 4. The van der Waals surface area contributed by atoms with E-state index in [1.54, 1.807) is 19.2 Å². The molecule has 0 spiro atoms. The Balaban J connectivity index is 2.92. The predicted molar refractivity (Wildman–Crippen MR) is 63.5 cm³/mol. The highest BCUT2D eigenvalue weighted by molar-refractivity contribution is 5.76. The molecule has 0 aromatic heterocycles. The van der Waals surface area contributed by atoms with Crippen LogP contribution in [0.5, 0.6) is 0 Å². The molecule has 1 unspecified atom stereocenters. The summed E-state index contributed by atoms with van der Waals surface area (Å²) in [6, 6.07) is 7.03. The number of aliphatic hydroxyl groups excluding tert-OH is 1. The van der Waals surface area contributed by atoms with E-state index in [4.69, 9.17) is 4.74 Å². The van der Waals surface area contributed by atoms with Crippen LogP contribution in [-0.2, 0) is 19.9 Å². The van der Waals surface area contributed by atoms with E-state index >= 15 is 0 Å². The van der Waals surface area contributed by atoms with Gasteiger partial charge in [0.2, 0.25) is 0 Å². The van der Waals surface area contributed by atoms with Crippen molar-refractivity contribution in [2.24, 2.45) is 0 Å². The fourth-order valence-electron chi connectivity index (χ4n) is 1.43. The number of carbonyl (C=O) groups is 1. The zero-order valence-electron chi connectivity index (χ0n) is 10.6. The Morgan fingerprint density at radius 2 is 1.76 bits per heavy atom. The van der Waals surface area contributed by atoms with Crippen LogP contribution in [0.25, 0.3) is 0 Å². The van der Waals surface area contributed by atoms with Crippen molar-refractivity contribution in [3.63, 3.8) is 0 Å². The van der Waals surface area contributed by atoms with Crippen molar-refractivity contribution < 1.29 is 19.4 Å². The summed E-state index contributed by atoms with van der Waals surface area (Å²) < 4.78 is 9.81. The molecule has 94 valence electrons. The van der Waals surface area contributed by atoms with E-state index < -0.39 is 17.7 Å². The second kappa shape index (κ2) is 5.29. The lowest BCUT2D eigenvalue weighted by Crippen LogP contribution is -2.19. The largest absolute Gasteiger partial charge is 0.467 e. The third-order valence-corrected chi connectivity index (χ3v) is 2.86. The van der Waals surface area contributed by atoms with Crippen LogP contribution in [0.2, 0.25) is 0 Å². The minimum absolute atomic E-state index is 0.394. The van der Waals surface area contributed by atoms with Gasteiger partial charge in [-0.3, -0.25) is 0 Å². The molecule has 0 aliphatic carbocycles. The molecule has 1 atom stereocenters. The highest BCUT2D eigenvalue weighted by Crippen LogP contribution is 2.25. The van der Waals surface area contributed by atoms with Crippen molar-refractivity contribution in [3.05, 3.63) is 35.4 Å². The molecular weight excluding hydrogens is 220 g/mol. The minimum atomic E-state index is -1.24. The van der Waals surface area contributed by atoms with Crippen molar-refractivity contribution in [3.8, 4) is 0 Å². The van der Waals surface area contributed by atoms with E-state index in [2.05, 4.69) is 4.74 Å². The molecule has 0 saturated carbocycles. The highest BCUT2D eigenvalue weighted by atomic mass is 16.5. The molecule has 0 amide bonds. The maximum absolute atomic E-state index is 11.2. The molecule has 0 fully saturated rings. The summed E-state index contributed by atoms with van der Waals surface area (Å²) in [5, 5.41) is 9.63. The summed E-state index contributed by atoms with van der Waals surface area (Å²) in [6.07, 6.45) is -1.24. The monoisotopic (exact) mass is 238 g/mol. The van der Waals surface area contributed by atoms with Gasteiger partial charge in [-0.05, 0) is 25.0 Å². The number of methoxy groups -OCH3 is 2. The molecule has 4 nitrogen and oxygen atoms in total. The van der Waals surface area contributed by atoms with Crippen LogP contribution in [0, 0.1) is 0 Å². The smallest absolute Gasteiger partial charge is 0.339 e. The summed E-state index contributed by atoms with van der Waals surface area (Å²) in [5.74, 6) is -0.663. The van der Waals surface area contributed by atoms with Crippen LogP contribution >= 0.6 is 0 Å². The Hall–Kier alpha value is -1.39. The van der Waals surface area contributed by atoms with Crippen molar-refractivity contribution in [1.29, 1.82) is 0 Å². The first-order valence-electron chi connectivity index (χ1n) is 5.34. The van der Waals surface area contributed by atoms with E-state index in [0.717, 1.165) is 5.56 Å². The Morgan fingerprint density at radius 3 is 2.18 bits per heavy atom. The molecule has 4 heteroatoms. The summed E-state index contributed by atoms with van der Waals surface area (Å²) in [4.78, 5) is 11.2. The van der Waals surface area contributed by atoms with Crippen LogP contribution in [0.3, 0.4) is 0 Å². The SMILES string of the molecule is COC(=O)C(O)c1ccc(C(C)(C)OC)cc1. The number of hydrogen-bond donors (Lipinski definition) is 1. The van der Waals surface area contributed by atoms with Gasteiger partial charge in [-0.2, -0.15) is 0 Å². The van der Waals surface area contributed by atoms with Gasteiger partial charge in [-0.1, -0.05) is 24.3 Å². The van der Waals surface area contributed by atoms with E-state index in [0.29, 0.717) is 5.56 Å². The number of esters is 1. The minimum Gasteiger partial charge on any atom is -0.467 e.